The van der Waals surface area contributed by atoms with E-state index in [0.717, 1.165) is 69.4 Å². The second-order valence-electron chi connectivity index (χ2n) is 14.6. The molecule has 2 N–H and O–H groups in total. The molecule has 0 bridgehead atoms. The van der Waals surface area contributed by atoms with Crippen LogP contribution in [0.25, 0.3) is 11.5 Å². The number of oxazole rings is 1. The summed E-state index contributed by atoms with van der Waals surface area (Å²) in [6.07, 6.45) is 1.34. The van der Waals surface area contributed by atoms with Crippen LogP contribution in [0.1, 0.15) is 53.1 Å². The molecule has 5 aromatic carbocycles. The highest BCUT2D eigenvalue weighted by molar-refractivity contribution is 5.73. The third kappa shape index (κ3) is 13.3. The number of rotatable bonds is 20. The van der Waals surface area contributed by atoms with Crippen molar-refractivity contribution in [1.29, 1.82) is 0 Å². The molecule has 11 heteroatoms. The lowest BCUT2D eigenvalue weighted by molar-refractivity contribution is -0.150. The van der Waals surface area contributed by atoms with Crippen LogP contribution in [-0.4, -0.2) is 65.3 Å². The summed E-state index contributed by atoms with van der Waals surface area (Å²) >= 11 is 0. The Morgan fingerprint density at radius 1 is 0.705 bits per heavy atom. The van der Waals surface area contributed by atoms with Crippen LogP contribution in [0.3, 0.4) is 0 Å². The minimum absolute atomic E-state index is 0.0681. The minimum Gasteiger partial charge on any atom is -0.493 e. The Balaban J connectivity index is 0.000000205. The largest absolute Gasteiger partial charge is 0.493 e. The molecule has 6 aromatic rings. The highest BCUT2D eigenvalue weighted by Gasteiger charge is 2.25. The van der Waals surface area contributed by atoms with Gasteiger partial charge in [-0.1, -0.05) is 84.9 Å². The average molecular weight is 828 g/mol. The Morgan fingerprint density at radius 3 is 1.90 bits per heavy atom. The van der Waals surface area contributed by atoms with Gasteiger partial charge < -0.3 is 38.3 Å². The molecule has 1 aromatic heterocycles. The fourth-order valence-corrected chi connectivity index (χ4v) is 6.96. The molecule has 1 aliphatic heterocycles. The molecule has 3 atom stereocenters. The van der Waals surface area contributed by atoms with E-state index in [4.69, 9.17) is 28.1 Å². The molecule has 0 radical (unpaired) electrons. The smallest absolute Gasteiger partial charge is 0.333 e. The number of benzene rings is 5. The van der Waals surface area contributed by atoms with Crippen LogP contribution >= 0.6 is 0 Å². The lowest BCUT2D eigenvalue weighted by atomic mass is 10.00. The normalized spacial score (nSPS) is 13.9. The van der Waals surface area contributed by atoms with Gasteiger partial charge in [0.1, 0.15) is 35.7 Å². The minimum atomic E-state index is -0.954. The summed E-state index contributed by atoms with van der Waals surface area (Å²) < 4.78 is 34.1. The van der Waals surface area contributed by atoms with Crippen molar-refractivity contribution in [2.75, 3.05) is 19.8 Å². The first kappa shape index (κ1) is 44.1. The first-order valence-corrected chi connectivity index (χ1v) is 20.6. The van der Waals surface area contributed by atoms with Crippen LogP contribution in [-0.2, 0) is 57.8 Å². The van der Waals surface area contributed by atoms with Crippen molar-refractivity contribution < 1.29 is 47.9 Å². The second-order valence-corrected chi connectivity index (χ2v) is 14.6. The zero-order chi connectivity index (χ0) is 43.0. The van der Waals surface area contributed by atoms with Gasteiger partial charge in [0.2, 0.25) is 5.89 Å². The number of ether oxygens (including phenoxy) is 5. The van der Waals surface area contributed by atoms with Crippen molar-refractivity contribution in [3.63, 3.8) is 0 Å². The Bertz CT molecular complexity index is 2270. The molecule has 0 saturated heterocycles. The molecular formula is C50H53NO10. The summed E-state index contributed by atoms with van der Waals surface area (Å²) in [6, 6.07) is 41.4. The van der Waals surface area contributed by atoms with Crippen molar-refractivity contribution in [1.82, 2.24) is 4.98 Å². The van der Waals surface area contributed by atoms with Gasteiger partial charge in [-0.05, 0) is 91.1 Å². The lowest BCUT2D eigenvalue weighted by Crippen LogP contribution is -2.26. The quantitative estimate of drug-likeness (QED) is 0.0760. The van der Waals surface area contributed by atoms with Crippen LogP contribution < -0.4 is 14.2 Å². The number of aromatic nitrogens is 1. The van der Waals surface area contributed by atoms with Gasteiger partial charge in [-0.3, -0.25) is 0 Å². The molecule has 318 valence electrons. The monoisotopic (exact) mass is 827 g/mol. The summed E-state index contributed by atoms with van der Waals surface area (Å²) in [5, 5.41) is 18.5. The number of aryl methyl sites for hydroxylation is 1. The maximum Gasteiger partial charge on any atom is 0.333 e. The Kier molecular flexibility index (Phi) is 16.1. The number of hydrogen-bond donors (Lipinski definition) is 2. The topological polar surface area (TPSA) is 147 Å². The van der Waals surface area contributed by atoms with Crippen LogP contribution in [0.2, 0.25) is 0 Å². The van der Waals surface area contributed by atoms with Gasteiger partial charge in [0, 0.05) is 50.9 Å². The first-order valence-electron chi connectivity index (χ1n) is 20.6. The molecule has 1 aliphatic rings. The number of carbonyl (C=O) groups is 2. The molecule has 7 rings (SSSR count). The summed E-state index contributed by atoms with van der Waals surface area (Å²) in [6.45, 7) is 7.26. The third-order valence-electron chi connectivity index (χ3n) is 10.1. The van der Waals surface area contributed by atoms with Crippen LogP contribution in [0.4, 0.5) is 0 Å². The molecule has 0 amide bonds. The summed E-state index contributed by atoms with van der Waals surface area (Å²) in [5.74, 6) is 1.97. The van der Waals surface area contributed by atoms with Crippen LogP contribution in [0.15, 0.2) is 132 Å². The number of carboxylic acids is 2. The van der Waals surface area contributed by atoms with E-state index < -0.39 is 24.1 Å². The van der Waals surface area contributed by atoms with E-state index in [2.05, 4.69) is 17.1 Å². The Labute approximate surface area is 356 Å². The van der Waals surface area contributed by atoms with E-state index >= 15 is 0 Å². The molecular weight excluding hydrogens is 775 g/mol. The van der Waals surface area contributed by atoms with Gasteiger partial charge in [0.05, 0.1) is 12.3 Å². The highest BCUT2D eigenvalue weighted by Crippen LogP contribution is 2.32. The van der Waals surface area contributed by atoms with Crippen molar-refractivity contribution in [3.05, 3.63) is 167 Å². The van der Waals surface area contributed by atoms with E-state index in [-0.39, 0.29) is 6.10 Å². The van der Waals surface area contributed by atoms with Gasteiger partial charge >= 0.3 is 11.9 Å². The van der Waals surface area contributed by atoms with Crippen molar-refractivity contribution in [2.45, 2.75) is 77.8 Å². The number of nitrogens with zero attached hydrogens (tertiary/aromatic N) is 1. The first-order chi connectivity index (χ1) is 29.7. The number of fused-ring (bicyclic) bond motifs is 1. The molecule has 0 saturated carbocycles. The maximum absolute atomic E-state index is 11.4. The maximum atomic E-state index is 11.4. The molecule has 11 nitrogen and oxygen atoms in total. The van der Waals surface area contributed by atoms with E-state index in [0.29, 0.717) is 51.6 Å². The van der Waals surface area contributed by atoms with E-state index in [9.17, 15) is 19.8 Å². The standard InChI is InChI=1S/C27H28O5.C23H25NO5/c1-2-30-26(27(28)29)16-21-10-13-25-22(14-21)17-24(32-25)15-19-8-11-23(12-9-19)31-18-20-6-4-3-5-7-20;1-3-27-21(23(25)26)15-17-9-11-19(12-10-17)28-14-13-20-16(2)29-22(24-20)18-7-5-4-6-8-18/h3-14,24,26H,2,15-18H2,1H3,(H,28,29);4-12,21H,3,13-15H2,1-2H3,(H,25,26). The Hall–Kier alpha value is -6.43. The van der Waals surface area contributed by atoms with E-state index in [1.807, 2.05) is 122 Å². The summed E-state index contributed by atoms with van der Waals surface area (Å²) in [4.78, 5) is 27.1. The summed E-state index contributed by atoms with van der Waals surface area (Å²) in [7, 11) is 0. The van der Waals surface area contributed by atoms with Crippen molar-refractivity contribution in [2.24, 2.45) is 0 Å². The van der Waals surface area contributed by atoms with Crippen LogP contribution in [0.5, 0.6) is 17.2 Å². The Morgan fingerprint density at radius 2 is 1.28 bits per heavy atom. The predicted molar refractivity (Wildman–Crippen MR) is 231 cm³/mol. The molecule has 0 spiro atoms. The van der Waals surface area contributed by atoms with Gasteiger partial charge in [0.25, 0.3) is 0 Å². The van der Waals surface area contributed by atoms with Gasteiger partial charge in [-0.15, -0.1) is 0 Å². The highest BCUT2D eigenvalue weighted by atomic mass is 16.5. The fraction of sp³-hybridized carbons (Fsp3) is 0.300. The predicted octanol–water partition coefficient (Wildman–Crippen LogP) is 9.15. The molecule has 2 heterocycles. The van der Waals surface area contributed by atoms with Crippen LogP contribution in [0, 0.1) is 6.92 Å². The van der Waals surface area contributed by atoms with Crippen molar-refractivity contribution >= 4 is 11.9 Å². The zero-order valence-corrected chi connectivity index (χ0v) is 34.8. The SMILES string of the molecule is CCOC(Cc1ccc(OCCc2nc(-c3ccccc3)oc2C)cc1)C(=O)O.CCOC(Cc1ccc2c(c1)CC(Cc1ccc(OCc3ccccc3)cc1)O2)C(=O)O. The van der Waals surface area contributed by atoms with Gasteiger partial charge in [-0.25, -0.2) is 14.6 Å². The number of hydrogen-bond acceptors (Lipinski definition) is 9. The lowest BCUT2D eigenvalue weighted by Gasteiger charge is -2.13. The number of aliphatic carboxylic acids is 2. The molecule has 0 fully saturated rings. The fourth-order valence-electron chi connectivity index (χ4n) is 6.96. The molecule has 3 unspecified atom stereocenters. The zero-order valence-electron chi connectivity index (χ0n) is 34.8. The second kappa shape index (κ2) is 22.3. The van der Waals surface area contributed by atoms with E-state index in [1.165, 1.54) is 5.56 Å². The molecule has 61 heavy (non-hydrogen) atoms. The van der Waals surface area contributed by atoms with Gasteiger partial charge in [-0.2, -0.15) is 0 Å². The summed E-state index contributed by atoms with van der Waals surface area (Å²) in [5.41, 5.74) is 7.12. The molecule has 0 aliphatic carbocycles. The number of carboxylic acid groups (broad SMARTS) is 2. The van der Waals surface area contributed by atoms with Gasteiger partial charge in [0.15, 0.2) is 12.2 Å². The van der Waals surface area contributed by atoms with Crippen molar-refractivity contribution in [3.8, 4) is 28.7 Å². The average Bonchev–Trinajstić information content (AvgIpc) is 3.86. The van der Waals surface area contributed by atoms with E-state index in [1.54, 1.807) is 13.8 Å². The third-order valence-corrected chi connectivity index (χ3v) is 10.1.